The first-order chi connectivity index (χ1) is 8.94. The summed E-state index contributed by atoms with van der Waals surface area (Å²) in [6.07, 6.45) is 0.981. The van der Waals surface area contributed by atoms with Crippen molar-refractivity contribution < 1.29 is 15.0 Å². The van der Waals surface area contributed by atoms with Gasteiger partial charge in [-0.3, -0.25) is 0 Å². The standard InChI is InChI=1S/C15H30N2O3/c1-10(2)6-11-14(5,20)7-13(3,4)8-15(11,9-16)17-12(18)19/h10-11,17,20H,6-9,16H2,1-5H3,(H,18,19). The van der Waals surface area contributed by atoms with Crippen molar-refractivity contribution in [3.63, 3.8) is 0 Å². The van der Waals surface area contributed by atoms with Crippen molar-refractivity contribution in [2.45, 2.75) is 65.0 Å². The first kappa shape index (κ1) is 17.2. The molecule has 0 spiro atoms. The second kappa shape index (κ2) is 5.53. The summed E-state index contributed by atoms with van der Waals surface area (Å²) < 4.78 is 0. The van der Waals surface area contributed by atoms with Gasteiger partial charge in [-0.15, -0.1) is 0 Å². The molecule has 3 unspecified atom stereocenters. The number of hydrogen-bond donors (Lipinski definition) is 4. The molecule has 0 aliphatic heterocycles. The molecule has 0 saturated heterocycles. The Morgan fingerprint density at radius 3 is 2.30 bits per heavy atom. The van der Waals surface area contributed by atoms with E-state index in [2.05, 4.69) is 33.0 Å². The fourth-order valence-electron chi connectivity index (χ4n) is 4.29. The van der Waals surface area contributed by atoms with E-state index in [4.69, 9.17) is 5.73 Å². The zero-order valence-corrected chi connectivity index (χ0v) is 13.4. The predicted molar refractivity (Wildman–Crippen MR) is 79.5 cm³/mol. The van der Waals surface area contributed by atoms with Crippen LogP contribution in [0.2, 0.25) is 0 Å². The van der Waals surface area contributed by atoms with E-state index in [9.17, 15) is 15.0 Å². The molecule has 0 bridgehead atoms. The molecule has 3 atom stereocenters. The van der Waals surface area contributed by atoms with E-state index in [1.54, 1.807) is 0 Å². The molecule has 5 N–H and O–H groups in total. The molecule has 1 aliphatic carbocycles. The van der Waals surface area contributed by atoms with Crippen molar-refractivity contribution >= 4 is 6.09 Å². The van der Waals surface area contributed by atoms with Gasteiger partial charge in [0, 0.05) is 12.5 Å². The summed E-state index contributed by atoms with van der Waals surface area (Å²) in [5.41, 5.74) is 4.12. The lowest BCUT2D eigenvalue weighted by Crippen LogP contribution is -2.69. The van der Waals surface area contributed by atoms with Gasteiger partial charge in [-0.1, -0.05) is 27.7 Å². The van der Waals surface area contributed by atoms with Crippen LogP contribution in [0.5, 0.6) is 0 Å². The SMILES string of the molecule is CC(C)CC1C(C)(O)CC(C)(C)CC1(CN)NC(=O)O. The monoisotopic (exact) mass is 286 g/mol. The van der Waals surface area contributed by atoms with Gasteiger partial charge in [-0.25, -0.2) is 4.79 Å². The lowest BCUT2D eigenvalue weighted by molar-refractivity contribution is -0.121. The van der Waals surface area contributed by atoms with Gasteiger partial charge < -0.3 is 21.3 Å². The summed E-state index contributed by atoms with van der Waals surface area (Å²) >= 11 is 0. The topological polar surface area (TPSA) is 95.6 Å². The van der Waals surface area contributed by atoms with Crippen molar-refractivity contribution in [2.75, 3.05) is 6.54 Å². The molecule has 1 fully saturated rings. The van der Waals surface area contributed by atoms with Crippen LogP contribution in [0.15, 0.2) is 0 Å². The van der Waals surface area contributed by atoms with E-state index in [-0.39, 0.29) is 17.9 Å². The number of hydrogen-bond acceptors (Lipinski definition) is 3. The lowest BCUT2D eigenvalue weighted by atomic mass is 9.55. The van der Waals surface area contributed by atoms with E-state index in [0.717, 1.165) is 6.42 Å². The lowest BCUT2D eigenvalue weighted by Gasteiger charge is -2.56. The molecule has 20 heavy (non-hydrogen) atoms. The average Bonchev–Trinajstić information content (AvgIpc) is 2.20. The second-order valence-electron chi connectivity index (χ2n) is 7.85. The quantitative estimate of drug-likeness (QED) is 0.637. The summed E-state index contributed by atoms with van der Waals surface area (Å²) in [4.78, 5) is 11.2. The Bertz CT molecular complexity index is 366. The highest BCUT2D eigenvalue weighted by Gasteiger charge is 2.56. The summed E-state index contributed by atoms with van der Waals surface area (Å²) in [6.45, 7) is 10.3. The van der Waals surface area contributed by atoms with Crippen molar-refractivity contribution in [1.29, 1.82) is 0 Å². The Balaban J connectivity index is 3.25. The zero-order valence-electron chi connectivity index (χ0n) is 13.4. The van der Waals surface area contributed by atoms with Crippen LogP contribution in [0.4, 0.5) is 4.79 Å². The molecule has 0 heterocycles. The number of carboxylic acid groups (broad SMARTS) is 1. The van der Waals surface area contributed by atoms with Crippen molar-refractivity contribution in [3.05, 3.63) is 0 Å². The highest BCUT2D eigenvalue weighted by molar-refractivity contribution is 5.66. The third-order valence-electron chi connectivity index (χ3n) is 4.48. The maximum Gasteiger partial charge on any atom is 0.405 e. The zero-order chi connectivity index (χ0) is 15.8. The Kier molecular flexibility index (Phi) is 4.76. The first-order valence-corrected chi connectivity index (χ1v) is 7.38. The molecule has 1 aliphatic rings. The minimum absolute atomic E-state index is 0.154. The Labute approximate surface area is 121 Å². The van der Waals surface area contributed by atoms with E-state index in [0.29, 0.717) is 18.8 Å². The largest absolute Gasteiger partial charge is 0.465 e. The molecular weight excluding hydrogens is 256 g/mol. The van der Waals surface area contributed by atoms with Crippen LogP contribution in [0.3, 0.4) is 0 Å². The Hall–Kier alpha value is -0.810. The van der Waals surface area contributed by atoms with Crippen molar-refractivity contribution in [1.82, 2.24) is 5.32 Å². The van der Waals surface area contributed by atoms with Crippen LogP contribution in [-0.2, 0) is 0 Å². The molecule has 5 nitrogen and oxygen atoms in total. The maximum atomic E-state index is 11.2. The number of amides is 1. The van der Waals surface area contributed by atoms with Crippen LogP contribution in [0.1, 0.15) is 53.9 Å². The smallest absolute Gasteiger partial charge is 0.405 e. The molecular formula is C15H30N2O3. The summed E-state index contributed by atoms with van der Waals surface area (Å²) in [5, 5.41) is 22.8. The fourth-order valence-corrected chi connectivity index (χ4v) is 4.29. The Morgan fingerprint density at radius 2 is 1.90 bits per heavy atom. The third kappa shape index (κ3) is 3.64. The molecule has 1 saturated carbocycles. The molecule has 5 heteroatoms. The van der Waals surface area contributed by atoms with Gasteiger partial charge in [0.05, 0.1) is 11.1 Å². The fraction of sp³-hybridized carbons (Fsp3) is 0.933. The summed E-state index contributed by atoms with van der Waals surface area (Å²) in [7, 11) is 0. The normalized spacial score (nSPS) is 36.9. The molecule has 0 aromatic carbocycles. The van der Waals surface area contributed by atoms with E-state index in [1.807, 2.05) is 6.92 Å². The second-order valence-corrected chi connectivity index (χ2v) is 7.85. The first-order valence-electron chi connectivity index (χ1n) is 7.38. The molecule has 0 radical (unpaired) electrons. The van der Waals surface area contributed by atoms with Gasteiger partial charge in [0.25, 0.3) is 0 Å². The number of nitrogens with one attached hydrogen (secondary N) is 1. The van der Waals surface area contributed by atoms with Crippen LogP contribution < -0.4 is 11.1 Å². The van der Waals surface area contributed by atoms with E-state index >= 15 is 0 Å². The molecule has 1 amide bonds. The number of rotatable bonds is 4. The highest BCUT2D eigenvalue weighted by Crippen LogP contribution is 2.51. The van der Waals surface area contributed by atoms with E-state index < -0.39 is 17.2 Å². The van der Waals surface area contributed by atoms with Gasteiger partial charge in [0.1, 0.15) is 0 Å². The number of carbonyl (C=O) groups is 1. The predicted octanol–water partition coefficient (Wildman–Crippen LogP) is 2.18. The van der Waals surface area contributed by atoms with Crippen LogP contribution in [-0.4, -0.2) is 34.0 Å². The Morgan fingerprint density at radius 1 is 1.35 bits per heavy atom. The molecule has 0 aromatic rings. The summed E-state index contributed by atoms with van der Waals surface area (Å²) in [5.74, 6) is 0.193. The maximum absolute atomic E-state index is 11.2. The van der Waals surface area contributed by atoms with Gasteiger partial charge in [-0.2, -0.15) is 0 Å². The number of aliphatic hydroxyl groups is 1. The minimum Gasteiger partial charge on any atom is -0.465 e. The van der Waals surface area contributed by atoms with Crippen LogP contribution in [0.25, 0.3) is 0 Å². The van der Waals surface area contributed by atoms with Gasteiger partial charge in [0.2, 0.25) is 0 Å². The van der Waals surface area contributed by atoms with Gasteiger partial charge in [0.15, 0.2) is 0 Å². The van der Waals surface area contributed by atoms with Crippen molar-refractivity contribution in [3.8, 4) is 0 Å². The third-order valence-corrected chi connectivity index (χ3v) is 4.48. The van der Waals surface area contributed by atoms with Gasteiger partial charge >= 0.3 is 6.09 Å². The molecule has 118 valence electrons. The van der Waals surface area contributed by atoms with Crippen molar-refractivity contribution in [2.24, 2.45) is 23.0 Å². The molecule has 1 rings (SSSR count). The number of nitrogens with two attached hydrogens (primary N) is 1. The van der Waals surface area contributed by atoms with E-state index in [1.165, 1.54) is 0 Å². The average molecular weight is 286 g/mol. The summed E-state index contributed by atoms with van der Waals surface area (Å²) in [6, 6.07) is 0. The van der Waals surface area contributed by atoms with Crippen LogP contribution in [0, 0.1) is 17.3 Å². The van der Waals surface area contributed by atoms with Gasteiger partial charge in [-0.05, 0) is 37.5 Å². The van der Waals surface area contributed by atoms with Crippen LogP contribution >= 0.6 is 0 Å². The minimum atomic E-state index is -1.07. The molecule has 0 aromatic heterocycles. The highest BCUT2D eigenvalue weighted by atomic mass is 16.4.